The number of nitro groups is 1. The van der Waals surface area contributed by atoms with Gasteiger partial charge in [-0.2, -0.15) is 0 Å². The minimum absolute atomic E-state index is 0.0580. The highest BCUT2D eigenvalue weighted by atomic mass is 32.2. The largest absolute Gasteiger partial charge is 0.269 e. The van der Waals surface area contributed by atoms with Crippen LogP contribution in [0.15, 0.2) is 63.9 Å². The van der Waals surface area contributed by atoms with E-state index in [-0.39, 0.29) is 5.69 Å². The molecule has 0 aliphatic carbocycles. The third-order valence-electron chi connectivity index (χ3n) is 3.03. The second kappa shape index (κ2) is 7.80. The lowest BCUT2D eigenvalue weighted by atomic mass is 10.2. The number of aromatic nitrogens is 2. The highest BCUT2D eigenvalue weighted by Crippen LogP contribution is 2.29. The molecule has 0 spiro atoms. The first kappa shape index (κ1) is 16.3. The average Bonchev–Trinajstić information content (AvgIpc) is 3.07. The van der Waals surface area contributed by atoms with Gasteiger partial charge < -0.3 is 0 Å². The van der Waals surface area contributed by atoms with Crippen molar-refractivity contribution in [1.29, 1.82) is 0 Å². The smallest absolute Gasteiger partial charge is 0.258 e. The van der Waals surface area contributed by atoms with E-state index in [4.69, 9.17) is 0 Å². The number of benzene rings is 2. The maximum atomic E-state index is 10.6. The molecule has 120 valence electrons. The minimum atomic E-state index is -0.429. The molecule has 0 bridgehead atoms. The topological polar surface area (TPSA) is 81.3 Å². The summed E-state index contributed by atoms with van der Waals surface area (Å²) in [7, 11) is 0. The van der Waals surface area contributed by atoms with Gasteiger partial charge in [0.15, 0.2) is 4.34 Å². The molecule has 3 rings (SSSR count). The summed E-state index contributed by atoms with van der Waals surface area (Å²) >= 11 is 3.03. The van der Waals surface area contributed by atoms with Gasteiger partial charge in [-0.3, -0.25) is 10.1 Å². The third kappa shape index (κ3) is 4.46. The first-order chi connectivity index (χ1) is 11.7. The summed E-state index contributed by atoms with van der Waals surface area (Å²) in [5.41, 5.74) is 2.06. The molecular weight excluding hydrogens is 344 g/mol. The Bertz CT molecular complexity index is 848. The van der Waals surface area contributed by atoms with Crippen molar-refractivity contribution in [3.63, 3.8) is 0 Å². The molecule has 2 aromatic carbocycles. The number of thioether (sulfide) groups is 1. The van der Waals surface area contributed by atoms with Gasteiger partial charge in [-0.1, -0.05) is 53.4 Å². The predicted molar refractivity (Wildman–Crippen MR) is 96.3 cm³/mol. The Labute approximate surface area is 146 Å². The van der Waals surface area contributed by atoms with Crippen LogP contribution in [0.25, 0.3) is 0 Å². The van der Waals surface area contributed by atoms with Crippen molar-refractivity contribution in [1.82, 2.24) is 10.2 Å². The number of rotatable bonds is 6. The second-order valence-corrected chi connectivity index (χ2v) is 6.91. The average molecular weight is 356 g/mol. The van der Waals surface area contributed by atoms with Gasteiger partial charge in [0.2, 0.25) is 5.13 Å². The number of nitro benzene ring substituents is 1. The van der Waals surface area contributed by atoms with E-state index in [0.29, 0.717) is 5.13 Å². The lowest BCUT2D eigenvalue weighted by molar-refractivity contribution is -0.384. The van der Waals surface area contributed by atoms with Crippen molar-refractivity contribution >= 4 is 40.1 Å². The molecule has 1 aromatic heterocycles. The fraction of sp³-hybridized carbons (Fsp3) is 0.0625. The molecular formula is C16H12N4O2S2. The summed E-state index contributed by atoms with van der Waals surface area (Å²) in [6.07, 6.45) is 1.62. The Kier molecular flexibility index (Phi) is 5.29. The minimum Gasteiger partial charge on any atom is -0.258 e. The predicted octanol–water partition coefficient (Wildman–Crippen LogP) is 4.49. The summed E-state index contributed by atoms with van der Waals surface area (Å²) in [5, 5.41) is 19.3. The number of non-ortho nitro benzene ring substituents is 1. The van der Waals surface area contributed by atoms with Gasteiger partial charge >= 0.3 is 0 Å². The summed E-state index contributed by atoms with van der Waals surface area (Å²) in [4.78, 5) is 14.4. The molecule has 1 heterocycles. The maximum Gasteiger partial charge on any atom is 0.269 e. The fourth-order valence-corrected chi connectivity index (χ4v) is 3.49. The number of nitrogens with zero attached hydrogens (tertiary/aromatic N) is 4. The van der Waals surface area contributed by atoms with E-state index >= 15 is 0 Å². The highest BCUT2D eigenvalue weighted by Gasteiger charge is 2.05. The van der Waals surface area contributed by atoms with Gasteiger partial charge in [-0.05, 0) is 23.3 Å². The van der Waals surface area contributed by atoms with Crippen LogP contribution in [0.3, 0.4) is 0 Å². The van der Waals surface area contributed by atoms with Gasteiger partial charge in [0, 0.05) is 24.1 Å². The summed E-state index contributed by atoms with van der Waals surface area (Å²) in [6, 6.07) is 16.3. The monoisotopic (exact) mass is 356 g/mol. The van der Waals surface area contributed by atoms with Crippen molar-refractivity contribution < 1.29 is 4.92 Å². The molecule has 0 amide bonds. The quantitative estimate of drug-likeness (QED) is 0.281. The first-order valence-electron chi connectivity index (χ1n) is 6.99. The highest BCUT2D eigenvalue weighted by molar-refractivity contribution is 8.00. The van der Waals surface area contributed by atoms with Crippen LogP contribution in [0, 0.1) is 10.1 Å². The summed E-state index contributed by atoms with van der Waals surface area (Å²) < 4.78 is 0.856. The molecule has 24 heavy (non-hydrogen) atoms. The molecule has 0 saturated heterocycles. The lowest BCUT2D eigenvalue weighted by Crippen LogP contribution is -1.88. The Morgan fingerprint density at radius 1 is 1.12 bits per heavy atom. The molecule has 0 N–H and O–H groups in total. The maximum absolute atomic E-state index is 10.6. The van der Waals surface area contributed by atoms with Crippen LogP contribution in [0.1, 0.15) is 11.1 Å². The molecule has 8 heteroatoms. The Balaban J connectivity index is 1.60. The number of hydrogen-bond donors (Lipinski definition) is 0. The van der Waals surface area contributed by atoms with E-state index in [9.17, 15) is 10.1 Å². The number of aliphatic imine (C=N–C) groups is 1. The molecule has 0 aliphatic heterocycles. The molecule has 0 unspecified atom stereocenters. The zero-order chi connectivity index (χ0) is 16.8. The summed E-state index contributed by atoms with van der Waals surface area (Å²) in [6.45, 7) is 0. The van der Waals surface area contributed by atoms with E-state index in [2.05, 4.69) is 27.3 Å². The van der Waals surface area contributed by atoms with Gasteiger partial charge in [0.05, 0.1) is 4.92 Å². The molecule has 0 atom stereocenters. The van der Waals surface area contributed by atoms with Gasteiger partial charge in [0.1, 0.15) is 0 Å². The van der Waals surface area contributed by atoms with Crippen LogP contribution in [-0.4, -0.2) is 21.3 Å². The van der Waals surface area contributed by atoms with Gasteiger partial charge in [-0.25, -0.2) is 4.99 Å². The Morgan fingerprint density at radius 2 is 1.88 bits per heavy atom. The van der Waals surface area contributed by atoms with E-state index in [1.54, 1.807) is 30.1 Å². The van der Waals surface area contributed by atoms with Crippen molar-refractivity contribution in [3.8, 4) is 0 Å². The zero-order valence-corrected chi connectivity index (χ0v) is 14.0. The van der Waals surface area contributed by atoms with E-state index in [1.807, 2.05) is 18.2 Å². The van der Waals surface area contributed by atoms with Crippen LogP contribution >= 0.6 is 23.1 Å². The molecule has 3 aromatic rings. The van der Waals surface area contributed by atoms with Crippen LogP contribution < -0.4 is 0 Å². The third-order valence-corrected chi connectivity index (χ3v) is 5.06. The van der Waals surface area contributed by atoms with Crippen LogP contribution in [-0.2, 0) is 5.75 Å². The molecule has 0 aliphatic rings. The van der Waals surface area contributed by atoms with Crippen molar-refractivity contribution in [2.45, 2.75) is 10.1 Å². The van der Waals surface area contributed by atoms with Crippen molar-refractivity contribution in [2.24, 2.45) is 4.99 Å². The van der Waals surface area contributed by atoms with Crippen LogP contribution in [0.4, 0.5) is 10.8 Å². The fourth-order valence-electron chi connectivity index (χ4n) is 1.84. The number of hydrogen-bond acceptors (Lipinski definition) is 7. The van der Waals surface area contributed by atoms with E-state index in [0.717, 1.165) is 15.7 Å². The van der Waals surface area contributed by atoms with Crippen LogP contribution in [0.5, 0.6) is 0 Å². The standard InChI is InChI=1S/C16H12N4O2S2/c21-20(22)14-8-6-12(7-9-14)10-17-15-18-19-16(24-15)23-11-13-4-2-1-3-5-13/h1-10H,11H2/b17-10+. The molecule has 0 fully saturated rings. The summed E-state index contributed by atoms with van der Waals surface area (Å²) in [5.74, 6) is 0.835. The van der Waals surface area contributed by atoms with Crippen molar-refractivity contribution in [3.05, 3.63) is 75.8 Å². The second-order valence-electron chi connectivity index (χ2n) is 4.73. The Morgan fingerprint density at radius 3 is 2.58 bits per heavy atom. The molecule has 0 saturated carbocycles. The Hall–Kier alpha value is -2.58. The lowest BCUT2D eigenvalue weighted by Gasteiger charge is -1.96. The van der Waals surface area contributed by atoms with Gasteiger partial charge in [-0.15, -0.1) is 10.2 Å². The van der Waals surface area contributed by atoms with E-state index in [1.165, 1.54) is 29.0 Å². The molecule has 6 nitrogen and oxygen atoms in total. The van der Waals surface area contributed by atoms with E-state index < -0.39 is 4.92 Å². The SMILES string of the molecule is O=[N+]([O-])c1ccc(/C=N/c2nnc(SCc3ccccc3)s2)cc1. The molecule has 0 radical (unpaired) electrons. The van der Waals surface area contributed by atoms with Gasteiger partial charge in [0.25, 0.3) is 5.69 Å². The first-order valence-corrected chi connectivity index (χ1v) is 8.80. The van der Waals surface area contributed by atoms with Crippen LogP contribution in [0.2, 0.25) is 0 Å². The zero-order valence-electron chi connectivity index (χ0n) is 12.4. The normalized spacial score (nSPS) is 11.0. The van der Waals surface area contributed by atoms with Crippen molar-refractivity contribution in [2.75, 3.05) is 0 Å².